The Morgan fingerprint density at radius 3 is 2.67 bits per heavy atom. The molecule has 112 valence electrons. The maximum absolute atomic E-state index is 11.4. The van der Waals surface area contributed by atoms with Gasteiger partial charge in [-0.15, -0.1) is 5.10 Å². The number of halogens is 1. The standard InChI is InChI=1S/C13H15ClN4O3/c1-3-13(2,12(19)20)18-11(15-16-17-18)8-21-10-6-4-9(14)5-7-10/h4-7H,3,8H2,1-2H3,(H,19,20). The molecule has 0 radical (unpaired) electrons. The predicted molar refractivity (Wildman–Crippen MR) is 75.2 cm³/mol. The van der Waals surface area contributed by atoms with Crippen LogP contribution in [-0.2, 0) is 16.9 Å². The van der Waals surface area contributed by atoms with E-state index in [4.69, 9.17) is 16.3 Å². The number of ether oxygens (including phenoxy) is 1. The Morgan fingerprint density at radius 2 is 2.10 bits per heavy atom. The first-order valence-electron chi connectivity index (χ1n) is 6.37. The molecular formula is C13H15ClN4O3. The fraction of sp³-hybridized carbons (Fsp3) is 0.385. The van der Waals surface area contributed by atoms with Crippen LogP contribution in [0.1, 0.15) is 26.1 Å². The lowest BCUT2D eigenvalue weighted by Gasteiger charge is -2.23. The fourth-order valence-electron chi connectivity index (χ4n) is 1.75. The molecule has 0 saturated heterocycles. The van der Waals surface area contributed by atoms with Crippen LogP contribution in [0.3, 0.4) is 0 Å². The van der Waals surface area contributed by atoms with Crippen molar-refractivity contribution < 1.29 is 14.6 Å². The largest absolute Gasteiger partial charge is 0.486 e. The van der Waals surface area contributed by atoms with Gasteiger partial charge in [-0.25, -0.2) is 9.48 Å². The van der Waals surface area contributed by atoms with E-state index >= 15 is 0 Å². The molecule has 0 spiro atoms. The number of aliphatic carboxylic acids is 1. The summed E-state index contributed by atoms with van der Waals surface area (Å²) in [7, 11) is 0. The number of carboxylic acid groups (broad SMARTS) is 1. The lowest BCUT2D eigenvalue weighted by molar-refractivity contribution is -0.147. The minimum Gasteiger partial charge on any atom is -0.486 e. The van der Waals surface area contributed by atoms with E-state index < -0.39 is 11.5 Å². The van der Waals surface area contributed by atoms with Crippen LogP contribution in [-0.4, -0.2) is 31.3 Å². The lowest BCUT2D eigenvalue weighted by Crippen LogP contribution is -2.40. The number of hydrogen-bond donors (Lipinski definition) is 1. The van der Waals surface area contributed by atoms with E-state index in [-0.39, 0.29) is 6.61 Å². The zero-order valence-corrected chi connectivity index (χ0v) is 12.4. The molecule has 2 rings (SSSR count). The van der Waals surface area contributed by atoms with Gasteiger partial charge in [0.2, 0.25) is 0 Å². The molecule has 7 nitrogen and oxygen atoms in total. The van der Waals surface area contributed by atoms with Gasteiger partial charge in [0.1, 0.15) is 12.4 Å². The zero-order chi connectivity index (χ0) is 15.5. The Labute approximate surface area is 126 Å². The van der Waals surface area contributed by atoms with Crippen LogP contribution in [0.2, 0.25) is 5.02 Å². The Morgan fingerprint density at radius 1 is 1.43 bits per heavy atom. The SMILES string of the molecule is CCC(C)(C(=O)O)n1nnnc1COc1ccc(Cl)cc1. The number of rotatable bonds is 6. The minimum atomic E-state index is -1.21. The molecule has 0 amide bonds. The minimum absolute atomic E-state index is 0.0670. The van der Waals surface area contributed by atoms with Gasteiger partial charge in [-0.1, -0.05) is 18.5 Å². The molecule has 8 heteroatoms. The summed E-state index contributed by atoms with van der Waals surface area (Å²) in [5.74, 6) is -0.0516. The summed E-state index contributed by atoms with van der Waals surface area (Å²) in [6, 6.07) is 6.83. The van der Waals surface area contributed by atoms with E-state index in [1.54, 1.807) is 38.1 Å². The molecule has 1 N–H and O–H groups in total. The highest BCUT2D eigenvalue weighted by molar-refractivity contribution is 6.30. The van der Waals surface area contributed by atoms with Gasteiger partial charge in [0.05, 0.1) is 0 Å². The number of carboxylic acids is 1. The molecule has 1 aromatic heterocycles. The molecule has 0 bridgehead atoms. The summed E-state index contributed by atoms with van der Waals surface area (Å²) in [5.41, 5.74) is -1.21. The molecule has 21 heavy (non-hydrogen) atoms. The average molecular weight is 311 g/mol. The lowest BCUT2D eigenvalue weighted by atomic mass is 9.99. The zero-order valence-electron chi connectivity index (χ0n) is 11.7. The van der Waals surface area contributed by atoms with Gasteiger partial charge in [0.25, 0.3) is 0 Å². The van der Waals surface area contributed by atoms with Gasteiger partial charge >= 0.3 is 5.97 Å². The van der Waals surface area contributed by atoms with Crippen LogP contribution in [0.25, 0.3) is 0 Å². The number of aromatic nitrogens is 4. The number of nitrogens with zero attached hydrogens (tertiary/aromatic N) is 4. The Kier molecular flexibility index (Phi) is 4.42. The van der Waals surface area contributed by atoms with E-state index in [1.807, 2.05) is 0 Å². The van der Waals surface area contributed by atoms with Crippen molar-refractivity contribution in [2.75, 3.05) is 0 Å². The third-order valence-electron chi connectivity index (χ3n) is 3.33. The number of carbonyl (C=O) groups is 1. The number of hydrogen-bond acceptors (Lipinski definition) is 5. The maximum atomic E-state index is 11.4. The summed E-state index contributed by atoms with van der Waals surface area (Å²) < 4.78 is 6.83. The molecule has 1 aromatic carbocycles. The van der Waals surface area contributed by atoms with Crippen LogP contribution < -0.4 is 4.74 Å². The second kappa shape index (κ2) is 6.09. The van der Waals surface area contributed by atoms with Crippen LogP contribution in [0.15, 0.2) is 24.3 Å². The monoisotopic (exact) mass is 310 g/mol. The highest BCUT2D eigenvalue weighted by Crippen LogP contribution is 2.22. The van der Waals surface area contributed by atoms with Crippen molar-refractivity contribution >= 4 is 17.6 Å². The third kappa shape index (κ3) is 3.13. The quantitative estimate of drug-likeness (QED) is 0.879. The first kappa shape index (κ1) is 15.2. The van der Waals surface area contributed by atoms with Crippen molar-refractivity contribution in [1.82, 2.24) is 20.2 Å². The number of benzene rings is 1. The Balaban J connectivity index is 2.17. The molecule has 0 saturated carbocycles. The first-order valence-corrected chi connectivity index (χ1v) is 6.74. The summed E-state index contributed by atoms with van der Waals surface area (Å²) in [5, 5.41) is 21.1. The molecule has 0 aliphatic heterocycles. The molecule has 0 aliphatic carbocycles. The van der Waals surface area contributed by atoms with E-state index in [1.165, 1.54) is 4.68 Å². The molecule has 2 aromatic rings. The van der Waals surface area contributed by atoms with Gasteiger partial charge in [-0.05, 0) is 48.0 Å². The van der Waals surface area contributed by atoms with Crippen molar-refractivity contribution in [3.8, 4) is 5.75 Å². The third-order valence-corrected chi connectivity index (χ3v) is 3.58. The predicted octanol–water partition coefficient (Wildman–Crippen LogP) is 2.12. The van der Waals surface area contributed by atoms with Crippen molar-refractivity contribution in [1.29, 1.82) is 0 Å². The van der Waals surface area contributed by atoms with Crippen molar-refractivity contribution in [3.63, 3.8) is 0 Å². The highest BCUT2D eigenvalue weighted by Gasteiger charge is 2.37. The van der Waals surface area contributed by atoms with Crippen molar-refractivity contribution in [2.24, 2.45) is 0 Å². The summed E-state index contributed by atoms with van der Waals surface area (Å²) in [6.45, 7) is 3.40. The number of tetrazole rings is 1. The van der Waals surface area contributed by atoms with Crippen LogP contribution in [0, 0.1) is 0 Å². The molecule has 1 unspecified atom stereocenters. The summed E-state index contributed by atoms with van der Waals surface area (Å²) in [4.78, 5) is 11.4. The van der Waals surface area contributed by atoms with Crippen LogP contribution in [0.5, 0.6) is 5.75 Å². The van der Waals surface area contributed by atoms with Gasteiger partial charge in [0.15, 0.2) is 11.4 Å². The summed E-state index contributed by atoms with van der Waals surface area (Å²) in [6.07, 6.45) is 0.349. The van der Waals surface area contributed by atoms with E-state index in [2.05, 4.69) is 15.5 Å². The molecule has 0 aliphatic rings. The second-order valence-electron chi connectivity index (χ2n) is 4.68. The molecule has 0 fully saturated rings. The second-order valence-corrected chi connectivity index (χ2v) is 5.12. The van der Waals surface area contributed by atoms with E-state index in [0.717, 1.165) is 0 Å². The smallest absolute Gasteiger partial charge is 0.331 e. The van der Waals surface area contributed by atoms with E-state index in [9.17, 15) is 9.90 Å². The van der Waals surface area contributed by atoms with Crippen molar-refractivity contribution in [2.45, 2.75) is 32.4 Å². The van der Waals surface area contributed by atoms with Crippen LogP contribution in [0.4, 0.5) is 0 Å². The molecule has 1 heterocycles. The van der Waals surface area contributed by atoms with Crippen molar-refractivity contribution in [3.05, 3.63) is 35.1 Å². The molecular weight excluding hydrogens is 296 g/mol. The maximum Gasteiger partial charge on any atom is 0.331 e. The summed E-state index contributed by atoms with van der Waals surface area (Å²) >= 11 is 5.79. The van der Waals surface area contributed by atoms with Gasteiger partial charge < -0.3 is 9.84 Å². The Hall–Kier alpha value is -2.15. The molecule has 1 atom stereocenters. The van der Waals surface area contributed by atoms with Crippen LogP contribution >= 0.6 is 11.6 Å². The highest BCUT2D eigenvalue weighted by atomic mass is 35.5. The first-order chi connectivity index (χ1) is 9.97. The normalized spacial score (nSPS) is 13.7. The van der Waals surface area contributed by atoms with Gasteiger partial charge in [0, 0.05) is 5.02 Å². The fourth-order valence-corrected chi connectivity index (χ4v) is 1.88. The average Bonchev–Trinajstić information content (AvgIpc) is 2.94. The van der Waals surface area contributed by atoms with Gasteiger partial charge in [-0.3, -0.25) is 0 Å². The van der Waals surface area contributed by atoms with Gasteiger partial charge in [-0.2, -0.15) is 0 Å². The Bertz CT molecular complexity index is 629. The van der Waals surface area contributed by atoms with E-state index in [0.29, 0.717) is 23.0 Å². The topological polar surface area (TPSA) is 90.1 Å².